The van der Waals surface area contributed by atoms with Crippen LogP contribution in [0.25, 0.3) is 0 Å². The number of amides is 1. The number of aliphatic hydroxyl groups excluding tert-OH is 2. The molecule has 1 aliphatic carbocycles. The molecule has 5 atom stereocenters. The number of hydrogen-bond acceptors (Lipinski definition) is 7. The Hall–Kier alpha value is -1.61. The molecule has 8 heteroatoms. The summed E-state index contributed by atoms with van der Waals surface area (Å²) in [5.74, 6) is -0.426. The number of aliphatic hydroxyl groups is 2. The number of anilines is 1. The molecule has 4 N–H and O–H groups in total. The summed E-state index contributed by atoms with van der Waals surface area (Å²) in [6.07, 6.45) is 2.13. The lowest BCUT2D eigenvalue weighted by atomic mass is 9.81. The molecule has 7 nitrogen and oxygen atoms in total. The molecule has 0 radical (unpaired) electrons. The Bertz CT molecular complexity index is 807. The zero-order valence-electron chi connectivity index (χ0n) is 18.4. The molecule has 1 aromatic rings. The third-order valence-electron chi connectivity index (χ3n) is 6.47. The number of amidine groups is 1. The Morgan fingerprint density at radius 2 is 1.87 bits per heavy atom. The maximum Gasteiger partial charge on any atom is 0.224 e. The van der Waals surface area contributed by atoms with Crippen molar-refractivity contribution in [3.63, 3.8) is 0 Å². The van der Waals surface area contributed by atoms with Gasteiger partial charge in [0.15, 0.2) is 5.17 Å². The molecule has 4 rings (SSSR count). The molecule has 2 aliphatic heterocycles. The number of rotatable bonds is 5. The lowest BCUT2D eigenvalue weighted by Gasteiger charge is -2.37. The molecule has 31 heavy (non-hydrogen) atoms. The number of nitrogens with one attached hydrogen (secondary N) is 2. The maximum atomic E-state index is 13.0. The van der Waals surface area contributed by atoms with Gasteiger partial charge in [0.2, 0.25) is 5.91 Å². The molecule has 170 valence electrons. The van der Waals surface area contributed by atoms with Crippen LogP contribution in [0.3, 0.4) is 0 Å². The molecule has 1 aromatic carbocycles. The highest BCUT2D eigenvalue weighted by Gasteiger charge is 2.50. The van der Waals surface area contributed by atoms with Crippen molar-refractivity contribution in [1.29, 1.82) is 0 Å². The van der Waals surface area contributed by atoms with Crippen LogP contribution in [0.4, 0.5) is 5.69 Å². The summed E-state index contributed by atoms with van der Waals surface area (Å²) < 4.78 is 0. The third-order valence-corrected chi connectivity index (χ3v) is 7.78. The standard InChI is InChI=1S/C23H34N4O3S/c1-14-10-15(2)12-16(11-14)25-23-26-19-20(29)18(28)13-17(21(19)31-23)22(30)24-6-9-27-7-4-3-5-8-27/h10-12,17-21,28-29H,3-9,13H2,1-2H3,(H,24,30)(H,25,26). The van der Waals surface area contributed by atoms with Gasteiger partial charge in [-0.2, -0.15) is 0 Å². The molecule has 0 spiro atoms. The topological polar surface area (TPSA) is 97.2 Å². The van der Waals surface area contributed by atoms with Gasteiger partial charge in [-0.05, 0) is 69.5 Å². The van der Waals surface area contributed by atoms with E-state index in [0.29, 0.717) is 11.7 Å². The minimum Gasteiger partial charge on any atom is -0.390 e. The van der Waals surface area contributed by atoms with Crippen LogP contribution in [-0.2, 0) is 4.79 Å². The zero-order chi connectivity index (χ0) is 22.0. The van der Waals surface area contributed by atoms with Gasteiger partial charge in [0, 0.05) is 24.0 Å². The van der Waals surface area contributed by atoms with E-state index in [9.17, 15) is 15.0 Å². The summed E-state index contributed by atoms with van der Waals surface area (Å²) in [4.78, 5) is 20.0. The average Bonchev–Trinajstić information content (AvgIpc) is 3.14. The molecule has 3 aliphatic rings. The number of aliphatic imine (C=N–C) groups is 1. The molecule has 2 fully saturated rings. The summed E-state index contributed by atoms with van der Waals surface area (Å²) in [7, 11) is 0. The normalized spacial score (nSPS) is 31.1. The van der Waals surface area contributed by atoms with Gasteiger partial charge in [-0.3, -0.25) is 9.79 Å². The lowest BCUT2D eigenvalue weighted by Crippen LogP contribution is -2.54. The number of nitrogens with zero attached hydrogens (tertiary/aromatic N) is 2. The van der Waals surface area contributed by atoms with E-state index in [2.05, 4.69) is 26.6 Å². The van der Waals surface area contributed by atoms with Gasteiger partial charge >= 0.3 is 0 Å². The Morgan fingerprint density at radius 3 is 2.58 bits per heavy atom. The Balaban J connectivity index is 1.38. The van der Waals surface area contributed by atoms with Crippen molar-refractivity contribution in [2.45, 2.75) is 63.0 Å². The van der Waals surface area contributed by atoms with E-state index in [-0.39, 0.29) is 23.5 Å². The first-order valence-electron chi connectivity index (χ1n) is 11.4. The molecular weight excluding hydrogens is 412 g/mol. The Morgan fingerprint density at radius 1 is 1.16 bits per heavy atom. The number of carbonyl (C=O) groups excluding carboxylic acids is 1. The van der Waals surface area contributed by atoms with Gasteiger partial charge in [0.25, 0.3) is 0 Å². The quantitative estimate of drug-likeness (QED) is 0.552. The fourth-order valence-corrected chi connectivity index (χ4v) is 6.31. The number of fused-ring (bicyclic) bond motifs is 1. The van der Waals surface area contributed by atoms with Gasteiger partial charge < -0.3 is 25.7 Å². The van der Waals surface area contributed by atoms with E-state index in [1.165, 1.54) is 31.0 Å². The van der Waals surface area contributed by atoms with Crippen molar-refractivity contribution in [3.8, 4) is 0 Å². The van der Waals surface area contributed by atoms with Crippen molar-refractivity contribution >= 4 is 28.5 Å². The first-order chi connectivity index (χ1) is 14.9. The average molecular weight is 447 g/mol. The van der Waals surface area contributed by atoms with Crippen molar-refractivity contribution in [3.05, 3.63) is 29.3 Å². The first kappa shape index (κ1) is 22.6. The molecule has 2 heterocycles. The molecule has 0 aromatic heterocycles. The largest absolute Gasteiger partial charge is 0.390 e. The van der Waals surface area contributed by atoms with Crippen LogP contribution in [0, 0.1) is 19.8 Å². The molecule has 1 amide bonds. The molecule has 1 saturated carbocycles. The minimum atomic E-state index is -0.951. The number of hydrogen-bond donors (Lipinski definition) is 4. The van der Waals surface area contributed by atoms with E-state index in [0.717, 1.165) is 36.4 Å². The summed E-state index contributed by atoms with van der Waals surface area (Å²) in [6.45, 7) is 7.78. The zero-order valence-corrected chi connectivity index (χ0v) is 19.2. The second-order valence-corrected chi connectivity index (χ2v) is 10.3. The predicted molar refractivity (Wildman–Crippen MR) is 126 cm³/mol. The third kappa shape index (κ3) is 5.42. The van der Waals surface area contributed by atoms with E-state index in [4.69, 9.17) is 0 Å². The molecule has 0 bridgehead atoms. The molecular formula is C23H34N4O3S. The van der Waals surface area contributed by atoms with Gasteiger partial charge in [-0.1, -0.05) is 24.2 Å². The van der Waals surface area contributed by atoms with Crippen molar-refractivity contribution < 1.29 is 15.0 Å². The first-order valence-corrected chi connectivity index (χ1v) is 12.2. The van der Waals surface area contributed by atoms with E-state index in [1.807, 2.05) is 26.0 Å². The van der Waals surface area contributed by atoms with Crippen LogP contribution in [0.1, 0.15) is 36.8 Å². The van der Waals surface area contributed by atoms with Crippen LogP contribution in [0.15, 0.2) is 23.2 Å². The van der Waals surface area contributed by atoms with Crippen LogP contribution >= 0.6 is 11.8 Å². The van der Waals surface area contributed by atoms with Crippen LogP contribution in [-0.4, -0.2) is 75.9 Å². The van der Waals surface area contributed by atoms with Crippen LogP contribution in [0.5, 0.6) is 0 Å². The summed E-state index contributed by atoms with van der Waals surface area (Å²) >= 11 is 1.50. The predicted octanol–water partition coefficient (Wildman–Crippen LogP) is 1.90. The highest BCUT2D eigenvalue weighted by molar-refractivity contribution is 8.15. The minimum absolute atomic E-state index is 0.0479. The fraction of sp³-hybridized carbons (Fsp3) is 0.652. The van der Waals surface area contributed by atoms with Gasteiger partial charge in [-0.15, -0.1) is 0 Å². The molecule has 1 saturated heterocycles. The summed E-state index contributed by atoms with van der Waals surface area (Å²) in [5.41, 5.74) is 3.26. The summed E-state index contributed by atoms with van der Waals surface area (Å²) in [5, 5.41) is 27.8. The number of aryl methyl sites for hydroxylation is 2. The number of likely N-dealkylation sites (tertiary alicyclic amines) is 1. The van der Waals surface area contributed by atoms with Gasteiger partial charge in [0.05, 0.1) is 18.1 Å². The van der Waals surface area contributed by atoms with Gasteiger partial charge in [0.1, 0.15) is 6.10 Å². The SMILES string of the molecule is Cc1cc(C)cc(NC2=NC3C(O)C(O)CC(C(=O)NCCN4CCCCC4)C3S2)c1. The van der Waals surface area contributed by atoms with Crippen molar-refractivity contribution in [2.75, 3.05) is 31.5 Å². The van der Waals surface area contributed by atoms with Crippen LogP contribution in [0.2, 0.25) is 0 Å². The number of piperidine rings is 1. The number of benzene rings is 1. The van der Waals surface area contributed by atoms with E-state index >= 15 is 0 Å². The Kier molecular flexibility index (Phi) is 7.21. The van der Waals surface area contributed by atoms with E-state index < -0.39 is 18.2 Å². The van der Waals surface area contributed by atoms with Crippen LogP contribution < -0.4 is 10.6 Å². The van der Waals surface area contributed by atoms with Crippen molar-refractivity contribution in [2.24, 2.45) is 10.9 Å². The monoisotopic (exact) mass is 446 g/mol. The second kappa shape index (κ2) is 9.90. The highest BCUT2D eigenvalue weighted by atomic mass is 32.2. The second-order valence-electron chi connectivity index (χ2n) is 9.10. The number of carbonyl (C=O) groups is 1. The van der Waals surface area contributed by atoms with Gasteiger partial charge in [-0.25, -0.2) is 0 Å². The molecule has 5 unspecified atom stereocenters. The van der Waals surface area contributed by atoms with Crippen molar-refractivity contribution in [1.82, 2.24) is 10.2 Å². The smallest absolute Gasteiger partial charge is 0.224 e. The number of thioether (sulfide) groups is 1. The fourth-order valence-electron chi connectivity index (χ4n) is 4.93. The highest BCUT2D eigenvalue weighted by Crippen LogP contribution is 2.41. The van der Waals surface area contributed by atoms with E-state index in [1.54, 1.807) is 0 Å². The maximum absolute atomic E-state index is 13.0. The summed E-state index contributed by atoms with van der Waals surface area (Å²) in [6, 6.07) is 5.72. The lowest BCUT2D eigenvalue weighted by molar-refractivity contribution is -0.129. The Labute approximate surface area is 188 Å².